The lowest BCUT2D eigenvalue weighted by Crippen LogP contribution is -2.32. The molecule has 1 aromatic heterocycles. The number of nitrogens with zero attached hydrogens (tertiary/aromatic N) is 3. The molecule has 2 fully saturated rings. The number of hydrogen-bond acceptors (Lipinski definition) is 5. The highest BCUT2D eigenvalue weighted by Crippen LogP contribution is 2.21. The summed E-state index contributed by atoms with van der Waals surface area (Å²) in [7, 11) is 0. The van der Waals surface area contributed by atoms with Gasteiger partial charge in [-0.15, -0.1) is 0 Å². The standard InChI is InChI=1S/C22H28N4O2/c1-17-6-8-18(9-7-17)28-19-10-14-26(16-19)22(27)20-4-2-5-21(24-20)25-13-3-11-23-12-15-25/h2,4-9,19,23H,3,10-16H2,1H3. The molecule has 0 radical (unpaired) electrons. The minimum Gasteiger partial charge on any atom is -0.489 e. The number of anilines is 1. The summed E-state index contributed by atoms with van der Waals surface area (Å²) in [6, 6.07) is 13.8. The smallest absolute Gasteiger partial charge is 0.272 e. The molecule has 3 heterocycles. The maximum Gasteiger partial charge on any atom is 0.272 e. The van der Waals surface area contributed by atoms with Crippen molar-refractivity contribution >= 4 is 11.7 Å². The van der Waals surface area contributed by atoms with Crippen molar-refractivity contribution in [3.63, 3.8) is 0 Å². The SMILES string of the molecule is Cc1ccc(OC2CCN(C(=O)c3cccc(N4CCCNCC4)n3)C2)cc1. The second kappa shape index (κ2) is 8.61. The molecule has 0 aliphatic carbocycles. The van der Waals surface area contributed by atoms with Gasteiger partial charge in [0.2, 0.25) is 0 Å². The molecule has 1 N–H and O–H groups in total. The first-order valence-corrected chi connectivity index (χ1v) is 10.1. The zero-order valence-electron chi connectivity index (χ0n) is 16.4. The molecule has 28 heavy (non-hydrogen) atoms. The Morgan fingerprint density at radius 3 is 2.82 bits per heavy atom. The van der Waals surface area contributed by atoms with Gasteiger partial charge in [-0.2, -0.15) is 0 Å². The topological polar surface area (TPSA) is 57.7 Å². The summed E-state index contributed by atoms with van der Waals surface area (Å²) in [4.78, 5) is 21.7. The molecule has 6 heteroatoms. The van der Waals surface area contributed by atoms with Gasteiger partial charge in [-0.1, -0.05) is 23.8 Å². The van der Waals surface area contributed by atoms with Gasteiger partial charge in [-0.05, 0) is 44.2 Å². The number of ether oxygens (including phenoxy) is 1. The lowest BCUT2D eigenvalue weighted by atomic mass is 10.2. The fourth-order valence-electron chi connectivity index (χ4n) is 3.77. The summed E-state index contributed by atoms with van der Waals surface area (Å²) in [5.74, 6) is 1.74. The second-order valence-electron chi connectivity index (χ2n) is 7.56. The Morgan fingerprint density at radius 1 is 1.11 bits per heavy atom. The van der Waals surface area contributed by atoms with Gasteiger partial charge in [-0.25, -0.2) is 4.98 Å². The molecule has 1 aromatic carbocycles. The summed E-state index contributed by atoms with van der Waals surface area (Å²) in [6.07, 6.45) is 1.97. The van der Waals surface area contributed by atoms with E-state index in [2.05, 4.69) is 22.1 Å². The van der Waals surface area contributed by atoms with Crippen molar-refractivity contribution in [2.75, 3.05) is 44.2 Å². The van der Waals surface area contributed by atoms with E-state index in [-0.39, 0.29) is 12.0 Å². The van der Waals surface area contributed by atoms with Crippen LogP contribution in [-0.4, -0.2) is 61.2 Å². The summed E-state index contributed by atoms with van der Waals surface area (Å²) < 4.78 is 6.05. The van der Waals surface area contributed by atoms with Crippen molar-refractivity contribution in [1.82, 2.24) is 15.2 Å². The van der Waals surface area contributed by atoms with Crippen LogP contribution in [0, 0.1) is 6.92 Å². The average molecular weight is 380 g/mol. The molecule has 2 aliphatic rings. The summed E-state index contributed by atoms with van der Waals surface area (Å²) in [5, 5.41) is 3.40. The number of amides is 1. The second-order valence-corrected chi connectivity index (χ2v) is 7.56. The highest BCUT2D eigenvalue weighted by Gasteiger charge is 2.29. The Labute approximate surface area is 166 Å². The Bertz CT molecular complexity index is 800. The molecule has 148 valence electrons. The first-order valence-electron chi connectivity index (χ1n) is 10.1. The molecule has 1 atom stereocenters. The largest absolute Gasteiger partial charge is 0.489 e. The first kappa shape index (κ1) is 18.7. The monoisotopic (exact) mass is 380 g/mol. The van der Waals surface area contributed by atoms with E-state index in [1.807, 2.05) is 47.4 Å². The summed E-state index contributed by atoms with van der Waals surface area (Å²) >= 11 is 0. The van der Waals surface area contributed by atoms with E-state index in [1.165, 1.54) is 5.56 Å². The Morgan fingerprint density at radius 2 is 1.96 bits per heavy atom. The normalized spacial score (nSPS) is 20.1. The zero-order valence-corrected chi connectivity index (χ0v) is 16.4. The molecule has 6 nitrogen and oxygen atoms in total. The van der Waals surface area contributed by atoms with E-state index in [1.54, 1.807) is 0 Å². The molecule has 0 bridgehead atoms. The zero-order chi connectivity index (χ0) is 19.3. The van der Waals surface area contributed by atoms with Crippen molar-refractivity contribution < 1.29 is 9.53 Å². The van der Waals surface area contributed by atoms with Crippen LogP contribution in [0.5, 0.6) is 5.75 Å². The highest BCUT2D eigenvalue weighted by atomic mass is 16.5. The van der Waals surface area contributed by atoms with Crippen molar-refractivity contribution in [1.29, 1.82) is 0 Å². The number of aryl methyl sites for hydroxylation is 1. The van der Waals surface area contributed by atoms with Crippen LogP contribution in [0.3, 0.4) is 0 Å². The van der Waals surface area contributed by atoms with Crippen LogP contribution in [0.1, 0.15) is 28.9 Å². The van der Waals surface area contributed by atoms with Gasteiger partial charge in [-0.3, -0.25) is 4.79 Å². The van der Waals surface area contributed by atoms with E-state index in [9.17, 15) is 4.79 Å². The summed E-state index contributed by atoms with van der Waals surface area (Å²) in [5.41, 5.74) is 1.73. The van der Waals surface area contributed by atoms with Gasteiger partial charge >= 0.3 is 0 Å². The molecular formula is C22H28N4O2. The number of carbonyl (C=O) groups is 1. The molecule has 1 amide bonds. The number of carbonyl (C=O) groups excluding carboxylic acids is 1. The molecular weight excluding hydrogens is 352 g/mol. The van der Waals surface area contributed by atoms with Gasteiger partial charge in [0.1, 0.15) is 23.4 Å². The van der Waals surface area contributed by atoms with Crippen molar-refractivity contribution in [2.24, 2.45) is 0 Å². The number of hydrogen-bond donors (Lipinski definition) is 1. The average Bonchev–Trinajstić information content (AvgIpc) is 3.01. The number of aromatic nitrogens is 1. The number of likely N-dealkylation sites (tertiary alicyclic amines) is 1. The van der Waals surface area contributed by atoms with Gasteiger partial charge in [0, 0.05) is 32.6 Å². The van der Waals surface area contributed by atoms with Crippen LogP contribution in [0.4, 0.5) is 5.82 Å². The number of nitrogens with one attached hydrogen (secondary N) is 1. The van der Waals surface area contributed by atoms with Gasteiger partial charge in [0.05, 0.1) is 6.54 Å². The molecule has 1 unspecified atom stereocenters. The molecule has 0 saturated carbocycles. The molecule has 0 spiro atoms. The van der Waals surface area contributed by atoms with Crippen LogP contribution in [0.2, 0.25) is 0 Å². The molecule has 2 aromatic rings. The Kier molecular flexibility index (Phi) is 5.76. The van der Waals surface area contributed by atoms with Crippen LogP contribution in [-0.2, 0) is 0 Å². The van der Waals surface area contributed by atoms with E-state index < -0.39 is 0 Å². The Balaban J connectivity index is 1.39. The van der Waals surface area contributed by atoms with E-state index in [0.717, 1.165) is 50.6 Å². The van der Waals surface area contributed by atoms with Crippen molar-refractivity contribution in [2.45, 2.75) is 25.9 Å². The van der Waals surface area contributed by atoms with Crippen LogP contribution in [0.25, 0.3) is 0 Å². The van der Waals surface area contributed by atoms with Gasteiger partial charge in [0.15, 0.2) is 0 Å². The Hall–Kier alpha value is -2.60. The van der Waals surface area contributed by atoms with E-state index in [0.29, 0.717) is 18.8 Å². The first-order chi connectivity index (χ1) is 13.7. The highest BCUT2D eigenvalue weighted by molar-refractivity contribution is 5.93. The molecule has 2 aliphatic heterocycles. The fourth-order valence-corrected chi connectivity index (χ4v) is 3.77. The number of rotatable bonds is 4. The molecule has 2 saturated heterocycles. The lowest BCUT2D eigenvalue weighted by Gasteiger charge is -2.22. The minimum atomic E-state index is -0.00944. The van der Waals surface area contributed by atoms with Gasteiger partial charge in [0.25, 0.3) is 5.91 Å². The number of pyridine rings is 1. The third kappa shape index (κ3) is 4.44. The van der Waals surface area contributed by atoms with E-state index >= 15 is 0 Å². The van der Waals surface area contributed by atoms with Crippen LogP contribution >= 0.6 is 0 Å². The van der Waals surface area contributed by atoms with Crippen LogP contribution in [0.15, 0.2) is 42.5 Å². The maximum atomic E-state index is 13.0. The predicted octanol–water partition coefficient (Wildman–Crippen LogP) is 2.48. The third-order valence-electron chi connectivity index (χ3n) is 5.37. The molecule has 4 rings (SSSR count). The van der Waals surface area contributed by atoms with Crippen molar-refractivity contribution in [3.8, 4) is 5.75 Å². The minimum absolute atomic E-state index is 0.00944. The summed E-state index contributed by atoms with van der Waals surface area (Å²) in [6.45, 7) is 7.23. The third-order valence-corrected chi connectivity index (χ3v) is 5.37. The predicted molar refractivity (Wildman–Crippen MR) is 110 cm³/mol. The lowest BCUT2D eigenvalue weighted by molar-refractivity contribution is 0.0766. The quantitative estimate of drug-likeness (QED) is 0.883. The maximum absolute atomic E-state index is 13.0. The fraction of sp³-hybridized carbons (Fsp3) is 0.455. The van der Waals surface area contributed by atoms with Gasteiger partial charge < -0.3 is 19.9 Å². The number of benzene rings is 1. The van der Waals surface area contributed by atoms with Crippen molar-refractivity contribution in [3.05, 3.63) is 53.7 Å². The van der Waals surface area contributed by atoms with E-state index in [4.69, 9.17) is 4.74 Å². The van der Waals surface area contributed by atoms with Crippen LogP contribution < -0.4 is 15.0 Å².